The van der Waals surface area contributed by atoms with Gasteiger partial charge in [-0.3, -0.25) is 0 Å². The average molecular weight is 252 g/mol. The van der Waals surface area contributed by atoms with Gasteiger partial charge in [-0.2, -0.15) is 0 Å². The molecule has 0 spiro atoms. The summed E-state index contributed by atoms with van der Waals surface area (Å²) in [7, 11) is 2.09. The molecule has 1 rings (SSSR count). The van der Waals surface area contributed by atoms with Gasteiger partial charge in [-0.05, 0) is 37.7 Å². The Morgan fingerprint density at radius 1 is 1.11 bits per heavy atom. The van der Waals surface area contributed by atoms with E-state index in [4.69, 9.17) is 0 Å². The summed E-state index contributed by atoms with van der Waals surface area (Å²) in [6.45, 7) is 6.23. The molecule has 0 atom stereocenters. The van der Waals surface area contributed by atoms with Gasteiger partial charge in [-0.15, -0.1) is 0 Å². The Morgan fingerprint density at radius 3 is 2.50 bits per heavy atom. The monoisotopic (exact) mass is 252 g/mol. The summed E-state index contributed by atoms with van der Waals surface area (Å²) in [5.41, 5.74) is 1.16. The van der Waals surface area contributed by atoms with Crippen molar-refractivity contribution >= 4 is 0 Å². The van der Waals surface area contributed by atoms with E-state index in [1.807, 2.05) is 12.1 Å². The van der Waals surface area contributed by atoms with Crippen LogP contribution in [-0.2, 0) is 6.54 Å². The molecule has 0 radical (unpaired) electrons. The van der Waals surface area contributed by atoms with Gasteiger partial charge in [0.05, 0.1) is 0 Å². The van der Waals surface area contributed by atoms with Gasteiger partial charge in [0.15, 0.2) is 0 Å². The number of hydrogen-bond acceptors (Lipinski definition) is 2. The van der Waals surface area contributed by atoms with Crippen LogP contribution in [0.2, 0.25) is 0 Å². The number of likely N-dealkylation sites (N-methyl/N-ethyl adjacent to an activating group) is 1. The van der Waals surface area contributed by atoms with Crippen LogP contribution in [0.3, 0.4) is 0 Å². The highest BCUT2D eigenvalue weighted by molar-refractivity contribution is 5.15. The first kappa shape index (κ1) is 15.1. The van der Waals surface area contributed by atoms with Crippen molar-refractivity contribution in [2.75, 3.05) is 26.7 Å². The Bertz CT molecular complexity index is 311. The van der Waals surface area contributed by atoms with Crippen molar-refractivity contribution in [3.8, 4) is 0 Å². The summed E-state index contributed by atoms with van der Waals surface area (Å²) in [6, 6.07) is 6.74. The Hall–Kier alpha value is -0.930. The van der Waals surface area contributed by atoms with Gasteiger partial charge in [-0.25, -0.2) is 4.39 Å². The average Bonchev–Trinajstić information content (AvgIpc) is 2.36. The fourth-order valence-electron chi connectivity index (χ4n) is 1.88. The Labute approximate surface area is 110 Å². The molecule has 0 aliphatic rings. The minimum atomic E-state index is -0.168. The molecule has 0 aliphatic heterocycles. The first-order valence-electron chi connectivity index (χ1n) is 6.86. The van der Waals surface area contributed by atoms with Crippen molar-refractivity contribution in [3.63, 3.8) is 0 Å². The standard InChI is InChI=1S/C15H25FN2/c1-3-4-5-10-17-11-12-18(2)13-14-6-8-15(16)9-7-14/h6-9,17H,3-5,10-13H2,1-2H3. The number of halogens is 1. The molecular formula is C15H25FN2. The van der Waals surface area contributed by atoms with Gasteiger partial charge in [0.2, 0.25) is 0 Å². The number of nitrogens with zero attached hydrogens (tertiary/aromatic N) is 1. The van der Waals surface area contributed by atoms with Gasteiger partial charge in [-0.1, -0.05) is 31.9 Å². The Morgan fingerprint density at radius 2 is 1.83 bits per heavy atom. The highest BCUT2D eigenvalue weighted by Crippen LogP contribution is 2.04. The Balaban J connectivity index is 2.10. The fraction of sp³-hybridized carbons (Fsp3) is 0.600. The molecule has 102 valence electrons. The van der Waals surface area contributed by atoms with Gasteiger partial charge < -0.3 is 10.2 Å². The number of unbranched alkanes of at least 4 members (excludes halogenated alkanes) is 2. The summed E-state index contributed by atoms with van der Waals surface area (Å²) in [4.78, 5) is 2.25. The molecule has 1 aromatic carbocycles. The van der Waals surface area contributed by atoms with Crippen molar-refractivity contribution in [1.29, 1.82) is 0 Å². The first-order chi connectivity index (χ1) is 8.72. The largest absolute Gasteiger partial charge is 0.315 e. The second-order valence-corrected chi connectivity index (χ2v) is 4.82. The molecule has 1 N–H and O–H groups in total. The van der Waals surface area contributed by atoms with Crippen LogP contribution in [0.1, 0.15) is 31.7 Å². The zero-order chi connectivity index (χ0) is 13.2. The SMILES string of the molecule is CCCCCNCCN(C)Cc1ccc(F)cc1. The van der Waals surface area contributed by atoms with Crippen LogP contribution in [0.25, 0.3) is 0 Å². The molecule has 0 unspecified atom stereocenters. The zero-order valence-electron chi connectivity index (χ0n) is 11.6. The van der Waals surface area contributed by atoms with Crippen LogP contribution in [0.15, 0.2) is 24.3 Å². The van der Waals surface area contributed by atoms with Crippen molar-refractivity contribution in [3.05, 3.63) is 35.6 Å². The quantitative estimate of drug-likeness (QED) is 0.680. The molecule has 0 bridgehead atoms. The molecule has 0 saturated carbocycles. The summed E-state index contributed by atoms with van der Waals surface area (Å²) >= 11 is 0. The van der Waals surface area contributed by atoms with Crippen LogP contribution < -0.4 is 5.32 Å². The minimum Gasteiger partial charge on any atom is -0.315 e. The van der Waals surface area contributed by atoms with E-state index in [1.54, 1.807) is 0 Å². The van der Waals surface area contributed by atoms with E-state index in [0.717, 1.165) is 31.7 Å². The third kappa shape index (κ3) is 6.72. The van der Waals surface area contributed by atoms with Crippen LogP contribution >= 0.6 is 0 Å². The van der Waals surface area contributed by atoms with E-state index in [2.05, 4.69) is 24.2 Å². The number of hydrogen-bond donors (Lipinski definition) is 1. The van der Waals surface area contributed by atoms with E-state index < -0.39 is 0 Å². The number of nitrogens with one attached hydrogen (secondary N) is 1. The maximum atomic E-state index is 12.8. The van der Waals surface area contributed by atoms with Gasteiger partial charge >= 0.3 is 0 Å². The molecule has 0 amide bonds. The second-order valence-electron chi connectivity index (χ2n) is 4.82. The number of benzene rings is 1. The Kier molecular flexibility index (Phi) is 7.62. The first-order valence-corrected chi connectivity index (χ1v) is 6.86. The van der Waals surface area contributed by atoms with Crippen LogP contribution in [0, 0.1) is 5.82 Å². The summed E-state index contributed by atoms with van der Waals surface area (Å²) in [5.74, 6) is -0.168. The molecule has 0 fully saturated rings. The molecule has 2 nitrogen and oxygen atoms in total. The highest BCUT2D eigenvalue weighted by Gasteiger charge is 2.00. The van der Waals surface area contributed by atoms with E-state index >= 15 is 0 Å². The van der Waals surface area contributed by atoms with Gasteiger partial charge in [0.25, 0.3) is 0 Å². The maximum Gasteiger partial charge on any atom is 0.123 e. The fourth-order valence-corrected chi connectivity index (χ4v) is 1.88. The third-order valence-corrected chi connectivity index (χ3v) is 2.99. The molecule has 0 heterocycles. The van der Waals surface area contributed by atoms with E-state index in [0.29, 0.717) is 0 Å². The predicted octanol–water partition coefficient (Wildman–Crippen LogP) is 3.04. The van der Waals surface area contributed by atoms with Crippen molar-refractivity contribution < 1.29 is 4.39 Å². The van der Waals surface area contributed by atoms with Gasteiger partial charge in [0, 0.05) is 19.6 Å². The van der Waals surface area contributed by atoms with Crippen molar-refractivity contribution in [1.82, 2.24) is 10.2 Å². The summed E-state index contributed by atoms with van der Waals surface area (Å²) < 4.78 is 12.8. The highest BCUT2D eigenvalue weighted by atomic mass is 19.1. The molecule has 0 aliphatic carbocycles. The lowest BCUT2D eigenvalue weighted by Crippen LogP contribution is -2.29. The van der Waals surface area contributed by atoms with Gasteiger partial charge in [0.1, 0.15) is 5.82 Å². The van der Waals surface area contributed by atoms with Crippen LogP contribution in [-0.4, -0.2) is 31.6 Å². The molecular weight excluding hydrogens is 227 g/mol. The molecule has 0 aromatic heterocycles. The van der Waals surface area contributed by atoms with Crippen LogP contribution in [0.4, 0.5) is 4.39 Å². The van der Waals surface area contributed by atoms with Crippen molar-refractivity contribution in [2.45, 2.75) is 32.7 Å². The summed E-state index contributed by atoms with van der Waals surface area (Å²) in [5, 5.41) is 3.44. The van der Waals surface area contributed by atoms with Crippen LogP contribution in [0.5, 0.6) is 0 Å². The predicted molar refractivity (Wildman–Crippen MR) is 75.1 cm³/mol. The zero-order valence-corrected chi connectivity index (χ0v) is 11.6. The number of rotatable bonds is 9. The lowest BCUT2D eigenvalue weighted by Gasteiger charge is -2.17. The molecule has 18 heavy (non-hydrogen) atoms. The molecule has 3 heteroatoms. The third-order valence-electron chi connectivity index (χ3n) is 2.99. The normalized spacial score (nSPS) is 11.1. The second kappa shape index (κ2) is 9.06. The smallest absolute Gasteiger partial charge is 0.123 e. The van der Waals surface area contributed by atoms with E-state index in [9.17, 15) is 4.39 Å². The lowest BCUT2D eigenvalue weighted by molar-refractivity contribution is 0.324. The van der Waals surface area contributed by atoms with E-state index in [-0.39, 0.29) is 5.82 Å². The topological polar surface area (TPSA) is 15.3 Å². The minimum absolute atomic E-state index is 0.168. The lowest BCUT2D eigenvalue weighted by atomic mass is 10.2. The maximum absolute atomic E-state index is 12.8. The summed E-state index contributed by atoms with van der Waals surface area (Å²) in [6.07, 6.45) is 3.84. The molecule has 1 aromatic rings. The van der Waals surface area contributed by atoms with E-state index in [1.165, 1.54) is 31.4 Å². The molecule has 0 saturated heterocycles. The van der Waals surface area contributed by atoms with Crippen molar-refractivity contribution in [2.24, 2.45) is 0 Å².